The molecule has 152 valence electrons. The minimum atomic E-state index is -0.457. The SMILES string of the molecule is CC(C)(C)CCc1n[nH]c(=O)c2cc(NC(=O)Nc3ccc(Cl)c(Cl)c3)ccc12. The van der Waals surface area contributed by atoms with Gasteiger partial charge in [0.1, 0.15) is 0 Å². The van der Waals surface area contributed by atoms with Gasteiger partial charge in [0.25, 0.3) is 5.56 Å². The molecule has 3 aromatic rings. The van der Waals surface area contributed by atoms with Gasteiger partial charge in [-0.2, -0.15) is 5.10 Å². The molecule has 0 saturated carbocycles. The summed E-state index contributed by atoms with van der Waals surface area (Å²) in [6.45, 7) is 6.49. The number of aryl methyl sites for hydroxylation is 1. The first-order valence-corrected chi connectivity index (χ1v) is 9.92. The lowest BCUT2D eigenvalue weighted by molar-refractivity contribution is 0.262. The van der Waals surface area contributed by atoms with Crippen LogP contribution < -0.4 is 16.2 Å². The number of rotatable bonds is 4. The van der Waals surface area contributed by atoms with E-state index in [0.717, 1.165) is 23.9 Å². The molecule has 29 heavy (non-hydrogen) atoms. The van der Waals surface area contributed by atoms with Crippen LogP contribution in [0.3, 0.4) is 0 Å². The Morgan fingerprint density at radius 1 is 1.00 bits per heavy atom. The molecule has 0 fully saturated rings. The first kappa shape index (κ1) is 21.1. The molecule has 0 spiro atoms. The summed E-state index contributed by atoms with van der Waals surface area (Å²) in [5.74, 6) is 0. The Morgan fingerprint density at radius 2 is 1.66 bits per heavy atom. The van der Waals surface area contributed by atoms with Crippen molar-refractivity contribution in [3.8, 4) is 0 Å². The molecule has 3 N–H and O–H groups in total. The van der Waals surface area contributed by atoms with Gasteiger partial charge in [-0.25, -0.2) is 9.89 Å². The second-order valence-corrected chi connectivity index (χ2v) is 8.84. The van der Waals surface area contributed by atoms with Crippen LogP contribution in [0.4, 0.5) is 16.2 Å². The second kappa shape index (κ2) is 8.43. The van der Waals surface area contributed by atoms with Crippen molar-refractivity contribution in [2.75, 3.05) is 10.6 Å². The van der Waals surface area contributed by atoms with Crippen LogP contribution in [-0.2, 0) is 6.42 Å². The van der Waals surface area contributed by atoms with E-state index in [1.54, 1.807) is 30.3 Å². The largest absolute Gasteiger partial charge is 0.323 e. The van der Waals surface area contributed by atoms with E-state index in [1.807, 2.05) is 6.07 Å². The zero-order valence-electron chi connectivity index (χ0n) is 16.4. The fourth-order valence-corrected chi connectivity index (χ4v) is 3.15. The van der Waals surface area contributed by atoms with E-state index in [2.05, 4.69) is 41.6 Å². The molecule has 3 rings (SSSR count). The number of fused-ring (bicyclic) bond motifs is 1. The highest BCUT2D eigenvalue weighted by molar-refractivity contribution is 6.42. The minimum Gasteiger partial charge on any atom is -0.308 e. The maximum Gasteiger partial charge on any atom is 0.323 e. The van der Waals surface area contributed by atoms with Gasteiger partial charge in [-0.3, -0.25) is 4.79 Å². The van der Waals surface area contributed by atoms with Gasteiger partial charge >= 0.3 is 6.03 Å². The van der Waals surface area contributed by atoms with Gasteiger partial charge in [-0.05, 0) is 48.6 Å². The molecule has 0 aliphatic carbocycles. The lowest BCUT2D eigenvalue weighted by atomic mass is 9.89. The molecular weight excluding hydrogens is 411 g/mol. The Bertz CT molecular complexity index is 1120. The Balaban J connectivity index is 1.80. The summed E-state index contributed by atoms with van der Waals surface area (Å²) >= 11 is 11.8. The molecular formula is C21H22Cl2N4O2. The lowest BCUT2D eigenvalue weighted by Gasteiger charge is -2.17. The molecule has 2 aromatic carbocycles. The minimum absolute atomic E-state index is 0.161. The number of H-pyrrole nitrogens is 1. The molecule has 8 heteroatoms. The van der Waals surface area contributed by atoms with Crippen LogP contribution in [0.5, 0.6) is 0 Å². The molecule has 0 atom stereocenters. The van der Waals surface area contributed by atoms with Gasteiger partial charge in [0.15, 0.2) is 0 Å². The predicted molar refractivity (Wildman–Crippen MR) is 119 cm³/mol. The van der Waals surface area contributed by atoms with Crippen LogP contribution in [-0.4, -0.2) is 16.2 Å². The van der Waals surface area contributed by atoms with Crippen molar-refractivity contribution in [1.82, 2.24) is 10.2 Å². The van der Waals surface area contributed by atoms with Crippen LogP contribution in [0, 0.1) is 5.41 Å². The van der Waals surface area contributed by atoms with E-state index in [1.165, 1.54) is 0 Å². The topological polar surface area (TPSA) is 86.9 Å². The standard InChI is InChI=1S/C21H22Cl2N4O2/c1-21(2,3)9-8-18-14-6-4-12(10-15(14)19(28)27-26-18)24-20(29)25-13-5-7-16(22)17(23)11-13/h4-7,10-11H,8-9H2,1-3H3,(H,27,28)(H2,24,25,29). The van der Waals surface area contributed by atoms with Crippen LogP contribution in [0.15, 0.2) is 41.2 Å². The smallest absolute Gasteiger partial charge is 0.308 e. The van der Waals surface area contributed by atoms with Crippen molar-refractivity contribution >= 4 is 51.4 Å². The van der Waals surface area contributed by atoms with Crippen LogP contribution >= 0.6 is 23.2 Å². The number of anilines is 2. The van der Waals surface area contributed by atoms with Crippen molar-refractivity contribution in [2.24, 2.45) is 5.41 Å². The van der Waals surface area contributed by atoms with Crippen molar-refractivity contribution in [3.05, 3.63) is 62.5 Å². The molecule has 0 saturated heterocycles. The number of urea groups is 1. The van der Waals surface area contributed by atoms with E-state index >= 15 is 0 Å². The Hall–Kier alpha value is -2.57. The molecule has 6 nitrogen and oxygen atoms in total. The summed E-state index contributed by atoms with van der Waals surface area (Å²) in [5, 5.41) is 14.2. The first-order chi connectivity index (χ1) is 13.6. The molecule has 0 unspecified atom stereocenters. The van der Waals surface area contributed by atoms with Gasteiger partial charge in [-0.1, -0.05) is 50.0 Å². The highest BCUT2D eigenvalue weighted by Gasteiger charge is 2.14. The summed E-state index contributed by atoms with van der Waals surface area (Å²) < 4.78 is 0. The third-order valence-electron chi connectivity index (χ3n) is 4.41. The van der Waals surface area contributed by atoms with Gasteiger partial charge in [0.2, 0.25) is 0 Å². The molecule has 2 amide bonds. The maximum absolute atomic E-state index is 12.3. The summed E-state index contributed by atoms with van der Waals surface area (Å²) in [6.07, 6.45) is 1.69. The molecule has 0 bridgehead atoms. The number of benzene rings is 2. The highest BCUT2D eigenvalue weighted by Crippen LogP contribution is 2.26. The number of nitrogens with one attached hydrogen (secondary N) is 3. The number of carbonyl (C=O) groups excluding carboxylic acids is 1. The van der Waals surface area contributed by atoms with E-state index < -0.39 is 6.03 Å². The Kier molecular flexibility index (Phi) is 6.15. The molecule has 0 radical (unpaired) electrons. The molecule has 0 aliphatic heterocycles. The fraction of sp³-hybridized carbons (Fsp3) is 0.286. The lowest BCUT2D eigenvalue weighted by Crippen LogP contribution is -2.20. The van der Waals surface area contributed by atoms with Crippen LogP contribution in [0.1, 0.15) is 32.9 Å². The van der Waals surface area contributed by atoms with E-state index in [9.17, 15) is 9.59 Å². The second-order valence-electron chi connectivity index (χ2n) is 8.03. The highest BCUT2D eigenvalue weighted by atomic mass is 35.5. The quantitative estimate of drug-likeness (QED) is 0.482. The zero-order chi connectivity index (χ0) is 21.2. The summed E-state index contributed by atoms with van der Waals surface area (Å²) in [7, 11) is 0. The van der Waals surface area contributed by atoms with Crippen molar-refractivity contribution in [3.63, 3.8) is 0 Å². The van der Waals surface area contributed by atoms with Gasteiger partial charge < -0.3 is 10.6 Å². The van der Waals surface area contributed by atoms with E-state index in [-0.39, 0.29) is 11.0 Å². The summed E-state index contributed by atoms with van der Waals surface area (Å²) in [4.78, 5) is 24.5. The molecule has 0 aliphatic rings. The van der Waals surface area contributed by atoms with Gasteiger partial charge in [0, 0.05) is 16.8 Å². The summed E-state index contributed by atoms with van der Waals surface area (Å²) in [6, 6.07) is 9.55. The average Bonchev–Trinajstić information content (AvgIpc) is 2.64. The van der Waals surface area contributed by atoms with E-state index in [0.29, 0.717) is 26.8 Å². The molecule has 1 aromatic heterocycles. The van der Waals surface area contributed by atoms with Crippen LogP contribution in [0.2, 0.25) is 10.0 Å². The fourth-order valence-electron chi connectivity index (χ4n) is 2.85. The third kappa shape index (κ3) is 5.49. The monoisotopic (exact) mass is 432 g/mol. The number of hydrogen-bond acceptors (Lipinski definition) is 3. The van der Waals surface area contributed by atoms with Gasteiger partial charge in [-0.15, -0.1) is 0 Å². The number of nitrogens with zero attached hydrogens (tertiary/aromatic N) is 1. The van der Waals surface area contributed by atoms with Crippen LogP contribution in [0.25, 0.3) is 10.8 Å². The molecule has 1 heterocycles. The van der Waals surface area contributed by atoms with Crippen molar-refractivity contribution in [1.29, 1.82) is 0 Å². The average molecular weight is 433 g/mol. The van der Waals surface area contributed by atoms with Crippen molar-refractivity contribution in [2.45, 2.75) is 33.6 Å². The third-order valence-corrected chi connectivity index (χ3v) is 5.15. The predicted octanol–water partition coefficient (Wildman–Crippen LogP) is 5.85. The number of aromatic nitrogens is 2. The van der Waals surface area contributed by atoms with Crippen molar-refractivity contribution < 1.29 is 4.79 Å². The number of hydrogen-bond donors (Lipinski definition) is 3. The number of halogens is 2. The number of amides is 2. The normalized spacial score (nSPS) is 11.5. The first-order valence-electron chi connectivity index (χ1n) is 9.17. The van der Waals surface area contributed by atoms with Gasteiger partial charge in [0.05, 0.1) is 21.1 Å². The number of aromatic amines is 1. The Morgan fingerprint density at radius 3 is 2.31 bits per heavy atom. The number of carbonyl (C=O) groups is 1. The summed E-state index contributed by atoms with van der Waals surface area (Å²) in [5.41, 5.74) is 1.70. The maximum atomic E-state index is 12.3. The zero-order valence-corrected chi connectivity index (χ0v) is 17.9. The van der Waals surface area contributed by atoms with E-state index in [4.69, 9.17) is 23.2 Å². The Labute approximate surface area is 178 Å².